The number of nitrogen functional groups attached to an aromatic ring is 1. The number of rotatable bonds is 6. The lowest BCUT2D eigenvalue weighted by Gasteiger charge is -2.23. The van der Waals surface area contributed by atoms with Gasteiger partial charge in [0.2, 0.25) is 0 Å². The van der Waals surface area contributed by atoms with E-state index in [-0.39, 0.29) is 0 Å². The van der Waals surface area contributed by atoms with E-state index < -0.39 is 0 Å². The standard InChI is InChI=1S/C12H20N2S/c1-3-14(9-4-10-15-2)12-7-5-11(13)6-8-12/h5-8H,3-4,9-10,13H2,1-2H3. The fourth-order valence-corrected chi connectivity index (χ4v) is 1.97. The molecular weight excluding hydrogens is 204 g/mol. The molecule has 0 aliphatic rings. The predicted molar refractivity (Wildman–Crippen MR) is 71.7 cm³/mol. The fourth-order valence-electron chi connectivity index (χ4n) is 1.55. The molecule has 0 spiro atoms. The molecule has 0 aliphatic heterocycles. The Kier molecular flexibility index (Phi) is 5.40. The summed E-state index contributed by atoms with van der Waals surface area (Å²) in [7, 11) is 0. The van der Waals surface area contributed by atoms with Crippen LogP contribution < -0.4 is 10.6 Å². The van der Waals surface area contributed by atoms with Crippen LogP contribution >= 0.6 is 11.8 Å². The number of benzene rings is 1. The topological polar surface area (TPSA) is 29.3 Å². The second-order valence-electron chi connectivity index (χ2n) is 3.52. The van der Waals surface area contributed by atoms with Crippen molar-refractivity contribution in [3.63, 3.8) is 0 Å². The van der Waals surface area contributed by atoms with Gasteiger partial charge in [0.05, 0.1) is 0 Å². The van der Waals surface area contributed by atoms with Gasteiger partial charge in [-0.05, 0) is 49.6 Å². The maximum atomic E-state index is 5.67. The smallest absolute Gasteiger partial charge is 0.0367 e. The third-order valence-electron chi connectivity index (χ3n) is 2.42. The van der Waals surface area contributed by atoms with Gasteiger partial charge in [-0.3, -0.25) is 0 Å². The van der Waals surface area contributed by atoms with E-state index in [1.807, 2.05) is 23.9 Å². The number of anilines is 2. The first-order chi connectivity index (χ1) is 7.27. The zero-order chi connectivity index (χ0) is 11.1. The van der Waals surface area contributed by atoms with Crippen molar-refractivity contribution in [1.82, 2.24) is 0 Å². The van der Waals surface area contributed by atoms with Crippen molar-refractivity contribution in [3.05, 3.63) is 24.3 Å². The van der Waals surface area contributed by atoms with Gasteiger partial charge in [-0.2, -0.15) is 11.8 Å². The van der Waals surface area contributed by atoms with E-state index in [1.54, 1.807) is 0 Å². The van der Waals surface area contributed by atoms with E-state index in [4.69, 9.17) is 5.73 Å². The molecule has 1 aromatic carbocycles. The minimum absolute atomic E-state index is 0.832. The van der Waals surface area contributed by atoms with Crippen molar-refractivity contribution in [2.75, 3.05) is 35.7 Å². The summed E-state index contributed by atoms with van der Waals surface area (Å²) in [6, 6.07) is 8.12. The zero-order valence-corrected chi connectivity index (χ0v) is 10.4. The first kappa shape index (κ1) is 12.2. The third kappa shape index (κ3) is 4.04. The highest BCUT2D eigenvalue weighted by Crippen LogP contribution is 2.16. The van der Waals surface area contributed by atoms with Crippen LogP contribution in [0, 0.1) is 0 Å². The third-order valence-corrected chi connectivity index (χ3v) is 3.11. The molecule has 0 amide bonds. The second kappa shape index (κ2) is 6.62. The number of nitrogens with zero attached hydrogens (tertiary/aromatic N) is 1. The Bertz CT molecular complexity index is 271. The summed E-state index contributed by atoms with van der Waals surface area (Å²) in [5.74, 6) is 1.23. The van der Waals surface area contributed by atoms with Crippen LogP contribution in [0.5, 0.6) is 0 Å². The normalized spacial score (nSPS) is 10.3. The molecular formula is C12H20N2S. The van der Waals surface area contributed by atoms with Crippen molar-refractivity contribution in [2.24, 2.45) is 0 Å². The average Bonchev–Trinajstić information content (AvgIpc) is 2.26. The van der Waals surface area contributed by atoms with E-state index in [0.29, 0.717) is 0 Å². The average molecular weight is 224 g/mol. The highest BCUT2D eigenvalue weighted by molar-refractivity contribution is 7.98. The van der Waals surface area contributed by atoms with Crippen LogP contribution in [0.1, 0.15) is 13.3 Å². The lowest BCUT2D eigenvalue weighted by molar-refractivity contribution is 0.797. The number of thioether (sulfide) groups is 1. The van der Waals surface area contributed by atoms with Crippen LogP contribution in [0.25, 0.3) is 0 Å². The fraction of sp³-hybridized carbons (Fsp3) is 0.500. The molecule has 0 aromatic heterocycles. The van der Waals surface area contributed by atoms with Crippen molar-refractivity contribution in [3.8, 4) is 0 Å². The van der Waals surface area contributed by atoms with Gasteiger partial charge in [-0.1, -0.05) is 0 Å². The van der Waals surface area contributed by atoms with Gasteiger partial charge in [0.1, 0.15) is 0 Å². The Hall–Kier alpha value is -0.830. The number of hydrogen-bond acceptors (Lipinski definition) is 3. The molecule has 84 valence electrons. The Morgan fingerprint density at radius 1 is 1.27 bits per heavy atom. The molecule has 0 heterocycles. The summed E-state index contributed by atoms with van der Waals surface area (Å²) in [6.45, 7) is 4.37. The van der Waals surface area contributed by atoms with Gasteiger partial charge < -0.3 is 10.6 Å². The van der Waals surface area contributed by atoms with Gasteiger partial charge >= 0.3 is 0 Å². The highest BCUT2D eigenvalue weighted by Gasteiger charge is 2.02. The summed E-state index contributed by atoms with van der Waals surface area (Å²) < 4.78 is 0. The number of hydrogen-bond donors (Lipinski definition) is 1. The van der Waals surface area contributed by atoms with Gasteiger partial charge in [-0.15, -0.1) is 0 Å². The minimum atomic E-state index is 0.832. The highest BCUT2D eigenvalue weighted by atomic mass is 32.2. The van der Waals surface area contributed by atoms with Crippen LogP contribution in [-0.2, 0) is 0 Å². The van der Waals surface area contributed by atoms with Crippen molar-refractivity contribution < 1.29 is 0 Å². The molecule has 2 nitrogen and oxygen atoms in total. The molecule has 15 heavy (non-hydrogen) atoms. The Morgan fingerprint density at radius 2 is 1.93 bits per heavy atom. The Balaban J connectivity index is 2.53. The predicted octanol–water partition coefficient (Wildman–Crippen LogP) is 2.85. The summed E-state index contributed by atoms with van der Waals surface area (Å²) in [5.41, 5.74) is 7.77. The molecule has 0 atom stereocenters. The lowest BCUT2D eigenvalue weighted by atomic mass is 10.2. The molecule has 0 radical (unpaired) electrons. The summed E-state index contributed by atoms with van der Waals surface area (Å²) in [6.07, 6.45) is 3.39. The monoisotopic (exact) mass is 224 g/mol. The molecule has 0 fully saturated rings. The van der Waals surface area contributed by atoms with Gasteiger partial charge in [-0.25, -0.2) is 0 Å². The van der Waals surface area contributed by atoms with E-state index in [2.05, 4.69) is 30.2 Å². The first-order valence-electron chi connectivity index (χ1n) is 5.37. The van der Waals surface area contributed by atoms with Gasteiger partial charge in [0.15, 0.2) is 0 Å². The van der Waals surface area contributed by atoms with E-state index in [0.717, 1.165) is 18.8 Å². The van der Waals surface area contributed by atoms with Crippen LogP contribution in [0.3, 0.4) is 0 Å². The molecule has 1 aromatic rings. The molecule has 0 unspecified atom stereocenters. The quantitative estimate of drug-likeness (QED) is 0.595. The Morgan fingerprint density at radius 3 is 2.47 bits per heavy atom. The maximum absolute atomic E-state index is 5.67. The SMILES string of the molecule is CCN(CCCSC)c1ccc(N)cc1. The summed E-state index contributed by atoms with van der Waals surface area (Å²) >= 11 is 1.91. The summed E-state index contributed by atoms with van der Waals surface area (Å²) in [5, 5.41) is 0. The maximum Gasteiger partial charge on any atom is 0.0367 e. The van der Waals surface area contributed by atoms with Crippen LogP contribution in [0.2, 0.25) is 0 Å². The minimum Gasteiger partial charge on any atom is -0.399 e. The molecule has 0 bridgehead atoms. The molecule has 0 saturated carbocycles. The Labute approximate surface area is 96.8 Å². The number of nitrogens with two attached hydrogens (primary N) is 1. The van der Waals surface area contributed by atoms with Crippen LogP contribution in [-0.4, -0.2) is 25.1 Å². The second-order valence-corrected chi connectivity index (χ2v) is 4.50. The largest absolute Gasteiger partial charge is 0.399 e. The lowest BCUT2D eigenvalue weighted by Crippen LogP contribution is -2.24. The van der Waals surface area contributed by atoms with Crippen LogP contribution in [0.15, 0.2) is 24.3 Å². The molecule has 2 N–H and O–H groups in total. The molecule has 0 saturated heterocycles. The summed E-state index contributed by atoms with van der Waals surface area (Å²) in [4.78, 5) is 2.38. The van der Waals surface area contributed by atoms with Gasteiger partial charge in [0, 0.05) is 24.5 Å². The van der Waals surface area contributed by atoms with Crippen molar-refractivity contribution in [2.45, 2.75) is 13.3 Å². The first-order valence-corrected chi connectivity index (χ1v) is 6.76. The van der Waals surface area contributed by atoms with E-state index in [1.165, 1.54) is 17.9 Å². The van der Waals surface area contributed by atoms with Crippen molar-refractivity contribution >= 4 is 23.1 Å². The van der Waals surface area contributed by atoms with Crippen LogP contribution in [0.4, 0.5) is 11.4 Å². The molecule has 1 rings (SSSR count). The van der Waals surface area contributed by atoms with E-state index >= 15 is 0 Å². The molecule has 0 aliphatic carbocycles. The van der Waals surface area contributed by atoms with E-state index in [9.17, 15) is 0 Å². The zero-order valence-electron chi connectivity index (χ0n) is 9.57. The molecule has 3 heteroatoms. The van der Waals surface area contributed by atoms with Gasteiger partial charge in [0.25, 0.3) is 0 Å². The van der Waals surface area contributed by atoms with Crippen molar-refractivity contribution in [1.29, 1.82) is 0 Å².